The Balaban J connectivity index is 1.31. The maximum Gasteiger partial charge on any atom is 0.261 e. The first-order chi connectivity index (χ1) is 18.0. The van der Waals surface area contributed by atoms with Crippen molar-refractivity contribution >= 4 is 28.8 Å². The summed E-state index contributed by atoms with van der Waals surface area (Å²) >= 11 is 0. The zero-order valence-electron chi connectivity index (χ0n) is 20.8. The number of likely N-dealkylation sites (tertiary alicyclic amines) is 1. The van der Waals surface area contributed by atoms with E-state index in [1.54, 1.807) is 49.6 Å². The van der Waals surface area contributed by atoms with Gasteiger partial charge in [0.25, 0.3) is 11.8 Å². The molecule has 5 rings (SSSR count). The summed E-state index contributed by atoms with van der Waals surface area (Å²) in [4.78, 5) is 46.2. The smallest absolute Gasteiger partial charge is 0.261 e. The summed E-state index contributed by atoms with van der Waals surface area (Å²) in [6, 6.07) is 11.8. The van der Waals surface area contributed by atoms with Crippen LogP contribution in [0.3, 0.4) is 0 Å². The summed E-state index contributed by atoms with van der Waals surface area (Å²) in [5.74, 6) is 0.274. The number of imide groups is 1. The van der Waals surface area contributed by atoms with Crippen molar-refractivity contribution in [1.82, 2.24) is 19.4 Å². The summed E-state index contributed by atoms with van der Waals surface area (Å²) in [5, 5.41) is 10.1. The second-order valence-electron chi connectivity index (χ2n) is 9.42. The van der Waals surface area contributed by atoms with E-state index < -0.39 is 0 Å². The topological polar surface area (TPSA) is 114 Å². The molecule has 2 aromatic carbocycles. The van der Waals surface area contributed by atoms with Gasteiger partial charge in [-0.05, 0) is 43.0 Å². The summed E-state index contributed by atoms with van der Waals surface area (Å²) in [5.41, 5.74) is 2.23. The third kappa shape index (κ3) is 5.07. The van der Waals surface area contributed by atoms with Crippen LogP contribution in [0.2, 0.25) is 0 Å². The van der Waals surface area contributed by atoms with E-state index in [4.69, 9.17) is 14.5 Å². The molecule has 1 aromatic heterocycles. The fraction of sp³-hybridized carbons (Fsp3) is 0.407. The maximum atomic E-state index is 13.0. The molecule has 37 heavy (non-hydrogen) atoms. The molecule has 0 atom stereocenters. The maximum absolute atomic E-state index is 13.0. The highest BCUT2D eigenvalue weighted by atomic mass is 16.5. The number of amides is 3. The number of ether oxygens (including phenoxy) is 2. The SMILES string of the molecule is COCCOCC(=O)N1CCC(Cn2c(CN3C(=O)c4ccccc4C3=O)nc3ccc(O)cc32)CC1. The molecule has 194 valence electrons. The summed E-state index contributed by atoms with van der Waals surface area (Å²) in [6.45, 7) is 2.78. The van der Waals surface area contributed by atoms with E-state index in [0.29, 0.717) is 55.3 Å². The van der Waals surface area contributed by atoms with Crippen LogP contribution in [0.5, 0.6) is 5.75 Å². The first-order valence-corrected chi connectivity index (χ1v) is 12.4. The van der Waals surface area contributed by atoms with Crippen molar-refractivity contribution in [2.75, 3.05) is 40.0 Å². The minimum Gasteiger partial charge on any atom is -0.508 e. The van der Waals surface area contributed by atoms with Gasteiger partial charge in [-0.15, -0.1) is 0 Å². The number of piperidine rings is 1. The van der Waals surface area contributed by atoms with E-state index in [1.165, 1.54) is 4.90 Å². The summed E-state index contributed by atoms with van der Waals surface area (Å²) in [7, 11) is 1.59. The van der Waals surface area contributed by atoms with Crippen LogP contribution in [0.4, 0.5) is 0 Å². The average Bonchev–Trinajstić information content (AvgIpc) is 3.36. The van der Waals surface area contributed by atoms with E-state index in [9.17, 15) is 19.5 Å². The molecule has 0 spiro atoms. The number of carbonyl (C=O) groups is 3. The number of nitrogens with zero attached hydrogens (tertiary/aromatic N) is 4. The number of imidazole rings is 1. The quantitative estimate of drug-likeness (QED) is 0.350. The Morgan fingerprint density at radius 3 is 2.43 bits per heavy atom. The molecule has 0 saturated carbocycles. The van der Waals surface area contributed by atoms with Gasteiger partial charge in [0.15, 0.2) is 0 Å². The molecule has 3 heterocycles. The molecule has 0 radical (unpaired) electrons. The average molecular weight is 507 g/mol. The zero-order chi connectivity index (χ0) is 25.9. The summed E-state index contributed by atoms with van der Waals surface area (Å²) in [6.07, 6.45) is 1.60. The number of fused-ring (bicyclic) bond motifs is 2. The van der Waals surface area contributed by atoms with Gasteiger partial charge in [-0.3, -0.25) is 19.3 Å². The van der Waals surface area contributed by atoms with Crippen LogP contribution in [0.1, 0.15) is 39.4 Å². The minimum atomic E-state index is -0.332. The fourth-order valence-corrected chi connectivity index (χ4v) is 5.03. The van der Waals surface area contributed by atoms with Crippen LogP contribution in [0.25, 0.3) is 11.0 Å². The second kappa shape index (κ2) is 10.7. The minimum absolute atomic E-state index is 0.0288. The number of methoxy groups -OCH3 is 1. The van der Waals surface area contributed by atoms with E-state index in [1.807, 2.05) is 9.47 Å². The Bertz CT molecular complexity index is 1290. The number of hydrogen-bond donors (Lipinski definition) is 1. The molecule has 2 aliphatic heterocycles. The third-order valence-corrected chi connectivity index (χ3v) is 7.05. The first kappa shape index (κ1) is 24.9. The van der Waals surface area contributed by atoms with Crippen molar-refractivity contribution in [3.63, 3.8) is 0 Å². The molecule has 10 heteroatoms. The number of phenols is 1. The number of benzene rings is 2. The van der Waals surface area contributed by atoms with E-state index in [2.05, 4.69) is 0 Å². The number of phenolic OH excluding ortho intramolecular Hbond substituents is 1. The predicted octanol–water partition coefficient (Wildman–Crippen LogP) is 2.44. The van der Waals surface area contributed by atoms with Gasteiger partial charge in [0.05, 0.1) is 41.9 Å². The van der Waals surface area contributed by atoms with Gasteiger partial charge in [0, 0.05) is 32.8 Å². The third-order valence-electron chi connectivity index (χ3n) is 7.05. The zero-order valence-corrected chi connectivity index (χ0v) is 20.8. The van der Waals surface area contributed by atoms with Crippen molar-refractivity contribution in [2.24, 2.45) is 5.92 Å². The van der Waals surface area contributed by atoms with Gasteiger partial charge in [0.2, 0.25) is 5.91 Å². The second-order valence-corrected chi connectivity index (χ2v) is 9.42. The highest BCUT2D eigenvalue weighted by Gasteiger charge is 2.36. The van der Waals surface area contributed by atoms with Gasteiger partial charge in [0.1, 0.15) is 18.2 Å². The first-order valence-electron chi connectivity index (χ1n) is 12.4. The number of aromatic nitrogens is 2. The van der Waals surface area contributed by atoms with Crippen LogP contribution in [-0.2, 0) is 27.4 Å². The Morgan fingerprint density at radius 1 is 1.05 bits per heavy atom. The standard InChI is InChI=1S/C27H30N4O6/c1-36-12-13-37-17-25(33)29-10-8-18(9-11-29)15-30-23-14-19(32)6-7-22(23)28-24(30)16-31-26(34)20-4-2-3-5-21(20)27(31)35/h2-7,14,18,32H,8-13,15-17H2,1H3. The van der Waals surface area contributed by atoms with E-state index >= 15 is 0 Å². The molecule has 10 nitrogen and oxygen atoms in total. The summed E-state index contributed by atoms with van der Waals surface area (Å²) < 4.78 is 12.3. The highest BCUT2D eigenvalue weighted by molar-refractivity contribution is 6.21. The van der Waals surface area contributed by atoms with E-state index in [0.717, 1.165) is 18.4 Å². The Hall–Kier alpha value is -3.76. The molecule has 1 saturated heterocycles. The highest BCUT2D eigenvalue weighted by Crippen LogP contribution is 2.29. The molecule has 2 aliphatic rings. The molecule has 1 fully saturated rings. The molecular formula is C27H30N4O6. The molecule has 0 aliphatic carbocycles. The van der Waals surface area contributed by atoms with Crippen molar-refractivity contribution in [3.05, 3.63) is 59.4 Å². The molecule has 0 unspecified atom stereocenters. The predicted molar refractivity (Wildman–Crippen MR) is 134 cm³/mol. The normalized spacial score (nSPS) is 16.1. The van der Waals surface area contributed by atoms with Gasteiger partial charge in [-0.25, -0.2) is 4.98 Å². The van der Waals surface area contributed by atoms with Gasteiger partial charge >= 0.3 is 0 Å². The number of aromatic hydroxyl groups is 1. The van der Waals surface area contributed by atoms with Crippen molar-refractivity contribution in [3.8, 4) is 5.75 Å². The fourth-order valence-electron chi connectivity index (χ4n) is 5.03. The number of rotatable bonds is 9. The monoisotopic (exact) mass is 506 g/mol. The van der Waals surface area contributed by atoms with E-state index in [-0.39, 0.29) is 42.5 Å². The van der Waals surface area contributed by atoms with Gasteiger partial charge in [-0.1, -0.05) is 12.1 Å². The van der Waals surface area contributed by atoms with Crippen molar-refractivity contribution in [2.45, 2.75) is 25.9 Å². The lowest BCUT2D eigenvalue weighted by molar-refractivity contribution is -0.138. The van der Waals surface area contributed by atoms with Gasteiger partial charge in [-0.2, -0.15) is 0 Å². The van der Waals surface area contributed by atoms with Crippen LogP contribution >= 0.6 is 0 Å². The molecule has 0 bridgehead atoms. The lowest BCUT2D eigenvalue weighted by Gasteiger charge is -2.32. The molecule has 3 amide bonds. The lowest BCUT2D eigenvalue weighted by atomic mass is 9.96. The Kier molecular flexibility index (Phi) is 7.20. The van der Waals surface area contributed by atoms with Crippen LogP contribution in [0, 0.1) is 5.92 Å². The molecular weight excluding hydrogens is 476 g/mol. The van der Waals surface area contributed by atoms with Crippen LogP contribution in [-0.4, -0.2) is 82.2 Å². The number of carbonyl (C=O) groups excluding carboxylic acids is 3. The van der Waals surface area contributed by atoms with Crippen LogP contribution < -0.4 is 0 Å². The van der Waals surface area contributed by atoms with Gasteiger partial charge < -0.3 is 24.0 Å². The lowest BCUT2D eigenvalue weighted by Crippen LogP contribution is -2.41. The molecule has 3 aromatic rings. The number of hydrogen-bond acceptors (Lipinski definition) is 7. The van der Waals surface area contributed by atoms with Crippen molar-refractivity contribution in [1.29, 1.82) is 0 Å². The van der Waals surface area contributed by atoms with Crippen molar-refractivity contribution < 1.29 is 29.0 Å². The Labute approximate surface area is 214 Å². The molecule has 1 N–H and O–H groups in total. The van der Waals surface area contributed by atoms with Crippen LogP contribution in [0.15, 0.2) is 42.5 Å². The Morgan fingerprint density at radius 2 is 1.76 bits per heavy atom. The largest absolute Gasteiger partial charge is 0.508 e.